The Morgan fingerprint density at radius 3 is 2.89 bits per heavy atom. The lowest BCUT2D eigenvalue weighted by Crippen LogP contribution is -2.00. The number of nitrogens with two attached hydrogens (primary N) is 1. The number of benzene rings is 1. The summed E-state index contributed by atoms with van der Waals surface area (Å²) in [6, 6.07) is 4.02. The molecule has 0 aliphatic carbocycles. The minimum atomic E-state index is -0.564. The molecular weight excluding hydrogens is 272 g/mol. The van der Waals surface area contributed by atoms with E-state index in [1.54, 1.807) is 6.92 Å². The van der Waals surface area contributed by atoms with Crippen LogP contribution in [-0.4, -0.2) is 14.9 Å². The van der Waals surface area contributed by atoms with Gasteiger partial charge in [0, 0.05) is 28.9 Å². The Kier molecular flexibility index (Phi) is 3.48. The summed E-state index contributed by atoms with van der Waals surface area (Å²) in [7, 11) is 0. The molecule has 0 aliphatic heterocycles. The molecule has 2 N–H and O–H groups in total. The summed E-state index contributed by atoms with van der Waals surface area (Å²) in [5.74, 6) is 0.168. The molecule has 0 aliphatic rings. The van der Waals surface area contributed by atoms with E-state index in [0.29, 0.717) is 10.6 Å². The molecule has 0 unspecified atom stereocenters. The molecule has 19 heavy (non-hydrogen) atoms. The fourth-order valence-electron chi connectivity index (χ4n) is 1.37. The van der Waals surface area contributed by atoms with Crippen LogP contribution in [-0.2, 0) is 0 Å². The van der Waals surface area contributed by atoms with Gasteiger partial charge in [0.2, 0.25) is 17.6 Å². The largest absolute Gasteiger partial charge is 0.431 e. The number of aryl methyl sites for hydroxylation is 1. The van der Waals surface area contributed by atoms with Gasteiger partial charge in [0.1, 0.15) is 0 Å². The first-order valence-electron chi connectivity index (χ1n) is 5.18. The van der Waals surface area contributed by atoms with Gasteiger partial charge in [0.15, 0.2) is 0 Å². The topological polar surface area (TPSA) is 104 Å². The lowest BCUT2D eigenvalue weighted by Gasteiger charge is -2.08. The van der Waals surface area contributed by atoms with Crippen molar-refractivity contribution < 1.29 is 9.66 Å². The molecule has 0 saturated heterocycles. The third kappa shape index (κ3) is 2.89. The Morgan fingerprint density at radius 1 is 1.47 bits per heavy atom. The highest BCUT2D eigenvalue weighted by molar-refractivity contribution is 6.30. The molecular formula is C11H9ClN4O3. The summed E-state index contributed by atoms with van der Waals surface area (Å²) in [4.78, 5) is 18.0. The summed E-state index contributed by atoms with van der Waals surface area (Å²) < 4.78 is 5.41. The Hall–Kier alpha value is -2.41. The Morgan fingerprint density at radius 2 is 2.21 bits per heavy atom. The lowest BCUT2D eigenvalue weighted by molar-refractivity contribution is -0.385. The second-order valence-electron chi connectivity index (χ2n) is 3.69. The van der Waals surface area contributed by atoms with Crippen LogP contribution < -0.4 is 10.5 Å². The van der Waals surface area contributed by atoms with Crippen molar-refractivity contribution in [1.82, 2.24) is 9.97 Å². The van der Waals surface area contributed by atoms with Crippen molar-refractivity contribution >= 4 is 23.2 Å². The Labute approximate surface area is 113 Å². The van der Waals surface area contributed by atoms with E-state index in [1.807, 2.05) is 0 Å². The predicted octanol–water partition coefficient (Wildman–Crippen LogP) is 2.72. The first kappa shape index (κ1) is 13.0. The van der Waals surface area contributed by atoms with E-state index in [1.165, 1.54) is 24.4 Å². The summed E-state index contributed by atoms with van der Waals surface area (Å²) in [5, 5.41) is 11.2. The van der Waals surface area contributed by atoms with Gasteiger partial charge >= 0.3 is 5.69 Å². The molecule has 1 aromatic heterocycles. The molecule has 0 amide bonds. The number of nitro benzene ring substituents is 1. The Bertz CT molecular complexity index is 648. The van der Waals surface area contributed by atoms with Crippen molar-refractivity contribution in [2.75, 3.05) is 5.73 Å². The average molecular weight is 281 g/mol. The summed E-state index contributed by atoms with van der Waals surface area (Å²) in [6.45, 7) is 1.70. The second-order valence-corrected chi connectivity index (χ2v) is 4.12. The normalized spacial score (nSPS) is 10.2. The number of nitrogen functional groups attached to an aromatic ring is 1. The summed E-state index contributed by atoms with van der Waals surface area (Å²) >= 11 is 5.80. The number of nitro groups is 1. The van der Waals surface area contributed by atoms with Gasteiger partial charge < -0.3 is 10.5 Å². The van der Waals surface area contributed by atoms with Gasteiger partial charge in [-0.15, -0.1) is 0 Å². The highest BCUT2D eigenvalue weighted by Gasteiger charge is 2.17. The van der Waals surface area contributed by atoms with Crippen LogP contribution in [0.1, 0.15) is 5.56 Å². The molecule has 0 atom stereocenters. The fourth-order valence-corrected chi connectivity index (χ4v) is 1.53. The second kappa shape index (κ2) is 5.07. The third-order valence-corrected chi connectivity index (χ3v) is 2.50. The van der Waals surface area contributed by atoms with Gasteiger partial charge in [0.05, 0.1) is 4.92 Å². The van der Waals surface area contributed by atoms with Crippen LogP contribution in [0.3, 0.4) is 0 Å². The molecule has 0 radical (unpaired) electrons. The maximum absolute atomic E-state index is 10.9. The van der Waals surface area contributed by atoms with Crippen molar-refractivity contribution in [2.24, 2.45) is 0 Å². The van der Waals surface area contributed by atoms with E-state index in [2.05, 4.69) is 9.97 Å². The van der Waals surface area contributed by atoms with E-state index < -0.39 is 4.92 Å². The number of nitrogens with zero attached hydrogens (tertiary/aromatic N) is 3. The van der Waals surface area contributed by atoms with Crippen LogP contribution in [0.15, 0.2) is 24.4 Å². The number of anilines is 1. The monoisotopic (exact) mass is 280 g/mol. The van der Waals surface area contributed by atoms with E-state index >= 15 is 0 Å². The number of ether oxygens (including phenoxy) is 1. The molecule has 2 aromatic rings. The highest BCUT2D eigenvalue weighted by atomic mass is 35.5. The van der Waals surface area contributed by atoms with Crippen molar-refractivity contribution in [3.05, 3.63) is 45.1 Å². The van der Waals surface area contributed by atoms with Crippen LogP contribution in [0.2, 0.25) is 5.02 Å². The first-order valence-corrected chi connectivity index (χ1v) is 5.56. The van der Waals surface area contributed by atoms with Crippen LogP contribution in [0.5, 0.6) is 11.6 Å². The lowest BCUT2D eigenvalue weighted by atomic mass is 10.3. The predicted molar refractivity (Wildman–Crippen MR) is 69.4 cm³/mol. The minimum Gasteiger partial charge on any atom is -0.431 e. The summed E-state index contributed by atoms with van der Waals surface area (Å²) in [5.41, 5.74) is 5.84. The zero-order chi connectivity index (χ0) is 14.0. The van der Waals surface area contributed by atoms with Gasteiger partial charge in [0.25, 0.3) is 0 Å². The van der Waals surface area contributed by atoms with Crippen molar-refractivity contribution in [2.45, 2.75) is 6.92 Å². The molecule has 0 fully saturated rings. The molecule has 7 nitrogen and oxygen atoms in total. The molecule has 0 spiro atoms. The number of aromatic nitrogens is 2. The molecule has 2 rings (SSSR count). The maximum atomic E-state index is 10.9. The van der Waals surface area contributed by atoms with Crippen LogP contribution in [0.4, 0.5) is 11.6 Å². The van der Waals surface area contributed by atoms with Gasteiger partial charge in [-0.2, -0.15) is 4.98 Å². The Balaban J connectivity index is 2.45. The molecule has 0 saturated carbocycles. The minimum absolute atomic E-state index is 0.00120. The quantitative estimate of drug-likeness (QED) is 0.684. The molecule has 98 valence electrons. The fraction of sp³-hybridized carbons (Fsp3) is 0.0909. The first-order chi connectivity index (χ1) is 8.97. The molecule has 1 aromatic carbocycles. The maximum Gasteiger partial charge on any atom is 0.311 e. The number of rotatable bonds is 3. The number of halogens is 1. The van der Waals surface area contributed by atoms with Gasteiger partial charge in [-0.05, 0) is 13.0 Å². The standard InChI is InChI=1S/C11H9ClN4O3/c1-6-5-14-11(13)15-10(6)19-9-4-7(12)2-3-8(9)16(17)18/h2-5H,1H3,(H2,13,14,15). The average Bonchev–Trinajstić information content (AvgIpc) is 2.33. The summed E-state index contributed by atoms with van der Waals surface area (Å²) in [6.07, 6.45) is 1.47. The van der Waals surface area contributed by atoms with Gasteiger partial charge in [-0.3, -0.25) is 10.1 Å². The highest BCUT2D eigenvalue weighted by Crippen LogP contribution is 2.34. The van der Waals surface area contributed by atoms with Crippen molar-refractivity contribution in [3.63, 3.8) is 0 Å². The SMILES string of the molecule is Cc1cnc(N)nc1Oc1cc(Cl)ccc1[N+](=O)[O-]. The van der Waals surface area contributed by atoms with Crippen LogP contribution in [0, 0.1) is 17.0 Å². The van der Waals surface area contributed by atoms with Gasteiger partial charge in [-0.25, -0.2) is 4.98 Å². The van der Waals surface area contributed by atoms with Crippen LogP contribution in [0.25, 0.3) is 0 Å². The van der Waals surface area contributed by atoms with Crippen molar-refractivity contribution in [3.8, 4) is 11.6 Å². The van der Waals surface area contributed by atoms with E-state index in [9.17, 15) is 10.1 Å². The van der Waals surface area contributed by atoms with Gasteiger partial charge in [-0.1, -0.05) is 11.6 Å². The zero-order valence-corrected chi connectivity index (χ0v) is 10.6. The van der Waals surface area contributed by atoms with E-state index in [0.717, 1.165) is 0 Å². The van der Waals surface area contributed by atoms with E-state index in [-0.39, 0.29) is 23.3 Å². The number of hydrogen-bond donors (Lipinski definition) is 1. The smallest absolute Gasteiger partial charge is 0.311 e. The van der Waals surface area contributed by atoms with E-state index in [4.69, 9.17) is 22.1 Å². The molecule has 0 bridgehead atoms. The molecule has 1 heterocycles. The number of hydrogen-bond acceptors (Lipinski definition) is 6. The van der Waals surface area contributed by atoms with Crippen molar-refractivity contribution in [1.29, 1.82) is 0 Å². The zero-order valence-electron chi connectivity index (χ0n) is 9.83. The third-order valence-electron chi connectivity index (χ3n) is 2.27. The molecule has 8 heteroatoms. The van der Waals surface area contributed by atoms with Crippen LogP contribution >= 0.6 is 11.6 Å².